The van der Waals surface area contributed by atoms with Crippen LogP contribution in [0.2, 0.25) is 0 Å². The second-order valence-corrected chi connectivity index (χ2v) is 8.19. The molecule has 1 amide bonds. The molecule has 2 rings (SSSR count). The van der Waals surface area contributed by atoms with Crippen LogP contribution in [0, 0.1) is 0 Å². The normalized spacial score (nSPS) is 30.4. The van der Waals surface area contributed by atoms with Crippen LogP contribution in [0.1, 0.15) is 6.92 Å². The number of hydrogen-bond donors (Lipinski definition) is 1. The molecular formula is C10H11Cl3N2O3S. The predicted octanol–water partition coefficient (Wildman–Crippen LogP) is 1.41. The van der Waals surface area contributed by atoms with E-state index in [-0.39, 0.29) is 23.1 Å². The summed E-state index contributed by atoms with van der Waals surface area (Å²) in [5.41, 5.74) is 6.02. The van der Waals surface area contributed by atoms with E-state index < -0.39 is 15.8 Å². The fourth-order valence-electron chi connectivity index (χ4n) is 1.78. The van der Waals surface area contributed by atoms with Gasteiger partial charge in [-0.25, -0.2) is 4.79 Å². The molecule has 1 saturated heterocycles. The fraction of sp³-hybridized carbons (Fsp3) is 0.600. The van der Waals surface area contributed by atoms with Gasteiger partial charge in [0.1, 0.15) is 18.0 Å². The molecule has 3 atom stereocenters. The average Bonchev–Trinajstić information content (AvgIpc) is 2.33. The van der Waals surface area contributed by atoms with E-state index in [9.17, 15) is 9.59 Å². The second-order valence-electron chi connectivity index (χ2n) is 4.22. The maximum Gasteiger partial charge on any atom is 0.336 e. The Morgan fingerprint density at radius 3 is 2.79 bits per heavy atom. The van der Waals surface area contributed by atoms with Crippen molar-refractivity contribution in [1.29, 1.82) is 0 Å². The van der Waals surface area contributed by atoms with Gasteiger partial charge in [0, 0.05) is 11.4 Å². The summed E-state index contributed by atoms with van der Waals surface area (Å²) in [7, 11) is 0. The molecular weight excluding hydrogens is 335 g/mol. The van der Waals surface area contributed by atoms with Gasteiger partial charge in [0.2, 0.25) is 9.70 Å². The molecule has 5 nitrogen and oxygen atoms in total. The number of carbonyl (C=O) groups excluding carboxylic acids is 2. The number of nitrogens with zero attached hydrogens (tertiary/aromatic N) is 1. The summed E-state index contributed by atoms with van der Waals surface area (Å²) in [6.07, 6.45) is 1.47. The third-order valence-corrected chi connectivity index (χ3v) is 4.57. The fourth-order valence-corrected chi connectivity index (χ4v) is 3.25. The van der Waals surface area contributed by atoms with Crippen molar-refractivity contribution in [2.75, 3.05) is 6.61 Å². The van der Waals surface area contributed by atoms with Gasteiger partial charge in [-0.1, -0.05) is 34.8 Å². The molecule has 0 aromatic carbocycles. The second kappa shape index (κ2) is 5.33. The van der Waals surface area contributed by atoms with Gasteiger partial charge in [0.15, 0.2) is 0 Å². The Bertz CT molecular complexity index is 452. The van der Waals surface area contributed by atoms with E-state index in [4.69, 9.17) is 45.3 Å². The summed E-state index contributed by atoms with van der Waals surface area (Å²) in [6.45, 7) is 1.49. The number of ether oxygens (including phenoxy) is 1. The smallest absolute Gasteiger partial charge is 0.336 e. The van der Waals surface area contributed by atoms with E-state index in [0.29, 0.717) is 5.57 Å². The van der Waals surface area contributed by atoms with Crippen LogP contribution in [-0.2, 0) is 14.3 Å². The van der Waals surface area contributed by atoms with Crippen molar-refractivity contribution in [3.8, 4) is 0 Å². The molecule has 2 N–H and O–H groups in total. The van der Waals surface area contributed by atoms with Crippen LogP contribution in [0.15, 0.2) is 11.8 Å². The number of carbonyl (C=O) groups is 2. The Balaban J connectivity index is 2.05. The number of esters is 1. The van der Waals surface area contributed by atoms with Crippen molar-refractivity contribution < 1.29 is 14.3 Å². The molecule has 1 fully saturated rings. The Hall–Kier alpha value is -0.140. The van der Waals surface area contributed by atoms with E-state index >= 15 is 0 Å². The van der Waals surface area contributed by atoms with Crippen LogP contribution in [0.5, 0.6) is 0 Å². The van der Waals surface area contributed by atoms with Crippen molar-refractivity contribution in [1.82, 2.24) is 4.90 Å². The first-order valence-corrected chi connectivity index (χ1v) is 7.47. The van der Waals surface area contributed by atoms with Gasteiger partial charge in [0.25, 0.3) is 0 Å². The van der Waals surface area contributed by atoms with Crippen molar-refractivity contribution in [2.45, 2.75) is 27.4 Å². The van der Waals surface area contributed by atoms with Crippen LogP contribution in [0.4, 0.5) is 0 Å². The molecule has 2 heterocycles. The third-order valence-electron chi connectivity index (χ3n) is 2.78. The predicted molar refractivity (Wildman–Crippen MR) is 75.0 cm³/mol. The van der Waals surface area contributed by atoms with Crippen molar-refractivity contribution in [2.24, 2.45) is 5.73 Å². The first-order chi connectivity index (χ1) is 8.70. The maximum absolute atomic E-state index is 11.9. The summed E-state index contributed by atoms with van der Waals surface area (Å²) in [5, 5.41) is -0.254. The Morgan fingerprint density at radius 1 is 1.58 bits per heavy atom. The number of fused-ring (bicyclic) bond motifs is 1. The van der Waals surface area contributed by atoms with Gasteiger partial charge in [-0.05, 0) is 6.92 Å². The lowest BCUT2D eigenvalue weighted by molar-refractivity contribution is -0.141. The number of amides is 1. The standard InChI is InChI=1S/C10H11Cl3N2O3S/c1-4-5(9(17)18-3-10(11,12)13)2-15-7(16)6(14)8(15)19-4/h2,4,6,8H,3,14H2,1H3/t4?,6?,8-/m1/s1. The number of rotatable bonds is 2. The monoisotopic (exact) mass is 344 g/mol. The van der Waals surface area contributed by atoms with E-state index in [1.54, 1.807) is 0 Å². The lowest BCUT2D eigenvalue weighted by Crippen LogP contribution is -2.66. The van der Waals surface area contributed by atoms with Crippen molar-refractivity contribution in [3.05, 3.63) is 11.8 Å². The number of hydrogen-bond acceptors (Lipinski definition) is 5. The van der Waals surface area contributed by atoms with Gasteiger partial charge in [0.05, 0.1) is 5.57 Å². The Morgan fingerprint density at radius 2 is 2.21 bits per heavy atom. The number of halogens is 3. The summed E-state index contributed by atoms with van der Waals surface area (Å²) in [5.74, 6) is -0.811. The first-order valence-electron chi connectivity index (χ1n) is 5.39. The Kier molecular flexibility index (Phi) is 4.28. The van der Waals surface area contributed by atoms with E-state index in [1.807, 2.05) is 6.92 Å². The molecule has 0 spiro atoms. The zero-order chi connectivity index (χ0) is 14.4. The minimum absolute atomic E-state index is 0.118. The van der Waals surface area contributed by atoms with E-state index in [0.717, 1.165) is 0 Å². The molecule has 2 aliphatic rings. The third kappa shape index (κ3) is 3.13. The topological polar surface area (TPSA) is 72.6 Å². The summed E-state index contributed by atoms with van der Waals surface area (Å²) >= 11 is 17.9. The minimum Gasteiger partial charge on any atom is -0.458 e. The summed E-state index contributed by atoms with van der Waals surface area (Å²) in [6, 6.07) is -0.512. The zero-order valence-electron chi connectivity index (χ0n) is 9.81. The highest BCUT2D eigenvalue weighted by molar-refractivity contribution is 8.00. The summed E-state index contributed by atoms with van der Waals surface area (Å²) < 4.78 is 3.25. The SMILES string of the molecule is CC1S[C@@H]2C(N)C(=O)N2C=C1C(=O)OCC(Cl)(Cl)Cl. The molecule has 106 valence electrons. The van der Waals surface area contributed by atoms with E-state index in [2.05, 4.69) is 0 Å². The van der Waals surface area contributed by atoms with Crippen molar-refractivity contribution in [3.63, 3.8) is 0 Å². The molecule has 0 aromatic heterocycles. The molecule has 9 heteroatoms. The molecule has 0 radical (unpaired) electrons. The number of thioether (sulfide) groups is 1. The molecule has 0 aliphatic carbocycles. The lowest BCUT2D eigenvalue weighted by Gasteiger charge is -2.47. The number of β-lactam (4-membered cyclic amide) rings is 1. The van der Waals surface area contributed by atoms with Gasteiger partial charge >= 0.3 is 5.97 Å². The lowest BCUT2D eigenvalue weighted by atomic mass is 10.1. The molecule has 2 unspecified atom stereocenters. The number of alkyl halides is 3. The van der Waals surface area contributed by atoms with Crippen LogP contribution in [0.3, 0.4) is 0 Å². The Labute approximate surface area is 129 Å². The highest BCUT2D eigenvalue weighted by atomic mass is 35.6. The van der Waals surface area contributed by atoms with Gasteiger partial charge in [-0.2, -0.15) is 0 Å². The van der Waals surface area contributed by atoms with Gasteiger partial charge in [-0.15, -0.1) is 11.8 Å². The highest BCUT2D eigenvalue weighted by Gasteiger charge is 2.49. The van der Waals surface area contributed by atoms with E-state index in [1.165, 1.54) is 22.9 Å². The van der Waals surface area contributed by atoms with Crippen LogP contribution in [-0.4, -0.2) is 43.8 Å². The molecule has 19 heavy (non-hydrogen) atoms. The molecule has 0 aromatic rings. The average molecular weight is 346 g/mol. The number of nitrogens with two attached hydrogens (primary N) is 1. The van der Waals surface area contributed by atoms with Crippen molar-refractivity contribution >= 4 is 58.4 Å². The maximum atomic E-state index is 11.9. The van der Waals surface area contributed by atoms with Gasteiger partial charge < -0.3 is 15.4 Å². The first kappa shape index (κ1) is 15.3. The largest absolute Gasteiger partial charge is 0.458 e. The molecule has 0 saturated carbocycles. The molecule has 0 bridgehead atoms. The van der Waals surface area contributed by atoms with Crippen LogP contribution >= 0.6 is 46.6 Å². The highest BCUT2D eigenvalue weighted by Crippen LogP contribution is 2.39. The van der Waals surface area contributed by atoms with Crippen LogP contribution < -0.4 is 5.73 Å². The quantitative estimate of drug-likeness (QED) is 0.465. The summed E-state index contributed by atoms with van der Waals surface area (Å²) in [4.78, 5) is 24.8. The molecule has 2 aliphatic heterocycles. The minimum atomic E-state index is -1.65. The van der Waals surface area contributed by atoms with Crippen LogP contribution in [0.25, 0.3) is 0 Å². The van der Waals surface area contributed by atoms with Gasteiger partial charge in [-0.3, -0.25) is 4.79 Å². The zero-order valence-corrected chi connectivity index (χ0v) is 12.9.